The van der Waals surface area contributed by atoms with Crippen molar-refractivity contribution in [3.63, 3.8) is 0 Å². The predicted molar refractivity (Wildman–Crippen MR) is 111 cm³/mol. The van der Waals surface area contributed by atoms with Crippen LogP contribution in [0.3, 0.4) is 0 Å². The van der Waals surface area contributed by atoms with Gasteiger partial charge in [-0.3, -0.25) is 9.59 Å². The Labute approximate surface area is 178 Å². The van der Waals surface area contributed by atoms with E-state index in [9.17, 15) is 18.4 Å². The lowest BCUT2D eigenvalue weighted by molar-refractivity contribution is -0.0401. The number of amides is 1. The number of hydrogen-bond donors (Lipinski definition) is 0. The number of benzene rings is 3. The average Bonchev–Trinajstić information content (AvgIpc) is 2.78. The lowest BCUT2D eigenvalue weighted by Crippen LogP contribution is -2.47. The lowest BCUT2D eigenvalue weighted by atomic mass is 10.0. The predicted octanol–water partition coefficient (Wildman–Crippen LogP) is 4.24. The summed E-state index contributed by atoms with van der Waals surface area (Å²) in [6.45, 7) is 2.44. The van der Waals surface area contributed by atoms with Gasteiger partial charge >= 0.3 is 0 Å². The molecule has 0 aromatic heterocycles. The molecule has 7 heteroatoms. The third-order valence-electron chi connectivity index (χ3n) is 5.28. The molecule has 1 atom stereocenters. The summed E-state index contributed by atoms with van der Waals surface area (Å²) < 4.78 is 39.4. The van der Waals surface area contributed by atoms with Crippen LogP contribution in [-0.2, 0) is 4.74 Å². The number of hydrogen-bond acceptors (Lipinski definition) is 4. The molecule has 31 heavy (non-hydrogen) atoms. The number of ketones is 1. The SMILES string of the molecule is CC(=O)c1ccc(OCC2CN(C(=O)c3ccc(F)c4ccccc34)CCO2)cc1F. The Morgan fingerprint density at radius 1 is 1.03 bits per heavy atom. The van der Waals surface area contributed by atoms with E-state index in [4.69, 9.17) is 9.47 Å². The number of Topliss-reactive ketones (excluding diaryl/α,β-unsaturated/α-hetero) is 1. The smallest absolute Gasteiger partial charge is 0.254 e. The number of carbonyl (C=O) groups excluding carboxylic acids is 2. The van der Waals surface area contributed by atoms with E-state index in [1.807, 2.05) is 0 Å². The minimum Gasteiger partial charge on any atom is -0.491 e. The molecule has 3 aromatic carbocycles. The van der Waals surface area contributed by atoms with Gasteiger partial charge in [-0.2, -0.15) is 0 Å². The van der Waals surface area contributed by atoms with Gasteiger partial charge in [0.2, 0.25) is 0 Å². The first-order valence-electron chi connectivity index (χ1n) is 9.95. The number of fused-ring (bicyclic) bond motifs is 1. The van der Waals surface area contributed by atoms with Gasteiger partial charge in [0, 0.05) is 23.6 Å². The summed E-state index contributed by atoms with van der Waals surface area (Å²) in [6, 6.07) is 13.7. The van der Waals surface area contributed by atoms with Crippen LogP contribution in [0.5, 0.6) is 5.75 Å². The molecule has 5 nitrogen and oxygen atoms in total. The third kappa shape index (κ3) is 4.41. The summed E-state index contributed by atoms with van der Waals surface area (Å²) in [5, 5.41) is 0.963. The van der Waals surface area contributed by atoms with Crippen molar-refractivity contribution in [3.05, 3.63) is 77.4 Å². The highest BCUT2D eigenvalue weighted by Crippen LogP contribution is 2.24. The molecule has 160 valence electrons. The Bertz CT molecular complexity index is 1150. The molecule has 1 amide bonds. The van der Waals surface area contributed by atoms with Gasteiger partial charge in [0.15, 0.2) is 5.78 Å². The van der Waals surface area contributed by atoms with Crippen molar-refractivity contribution in [3.8, 4) is 5.75 Å². The molecule has 0 bridgehead atoms. The largest absolute Gasteiger partial charge is 0.491 e. The lowest BCUT2D eigenvalue weighted by Gasteiger charge is -2.33. The maximum atomic E-state index is 14.1. The molecule has 1 heterocycles. The standard InChI is InChI=1S/C24H21F2NO4/c1-15(28)18-7-6-16(12-23(18)26)31-14-17-13-27(10-11-30-17)24(29)21-8-9-22(25)20-5-3-2-4-19(20)21/h2-9,12,17H,10-11,13-14H2,1H3. The van der Waals surface area contributed by atoms with Gasteiger partial charge < -0.3 is 14.4 Å². The zero-order valence-corrected chi connectivity index (χ0v) is 16.9. The Morgan fingerprint density at radius 3 is 2.52 bits per heavy atom. The molecule has 0 N–H and O–H groups in total. The van der Waals surface area contributed by atoms with Gasteiger partial charge in [-0.1, -0.05) is 24.3 Å². The van der Waals surface area contributed by atoms with Crippen LogP contribution < -0.4 is 4.74 Å². The molecule has 1 aliphatic heterocycles. The van der Waals surface area contributed by atoms with Crippen LogP contribution in [0.25, 0.3) is 10.8 Å². The maximum absolute atomic E-state index is 14.1. The fraction of sp³-hybridized carbons (Fsp3) is 0.250. The Morgan fingerprint density at radius 2 is 1.77 bits per heavy atom. The molecule has 1 unspecified atom stereocenters. The normalized spacial score (nSPS) is 16.4. The van der Waals surface area contributed by atoms with Crippen LogP contribution in [0, 0.1) is 11.6 Å². The number of rotatable bonds is 5. The van der Waals surface area contributed by atoms with E-state index in [1.165, 1.54) is 31.2 Å². The second-order valence-corrected chi connectivity index (χ2v) is 7.39. The summed E-state index contributed by atoms with van der Waals surface area (Å²) in [6.07, 6.45) is -0.403. The Balaban J connectivity index is 1.44. The van der Waals surface area contributed by atoms with Crippen molar-refractivity contribution in [1.29, 1.82) is 0 Å². The van der Waals surface area contributed by atoms with E-state index >= 15 is 0 Å². The van der Waals surface area contributed by atoms with Crippen molar-refractivity contribution >= 4 is 22.5 Å². The minimum atomic E-state index is -0.644. The highest BCUT2D eigenvalue weighted by atomic mass is 19.1. The second-order valence-electron chi connectivity index (χ2n) is 7.39. The van der Waals surface area contributed by atoms with Crippen molar-refractivity contribution in [2.75, 3.05) is 26.3 Å². The van der Waals surface area contributed by atoms with Crippen LogP contribution in [0.15, 0.2) is 54.6 Å². The number of ether oxygens (including phenoxy) is 2. The average molecular weight is 425 g/mol. The maximum Gasteiger partial charge on any atom is 0.254 e. The first-order valence-corrected chi connectivity index (χ1v) is 9.95. The summed E-state index contributed by atoms with van der Waals surface area (Å²) in [5.41, 5.74) is 0.435. The van der Waals surface area contributed by atoms with Crippen molar-refractivity contribution in [2.24, 2.45) is 0 Å². The van der Waals surface area contributed by atoms with Gasteiger partial charge in [-0.15, -0.1) is 0 Å². The first-order chi connectivity index (χ1) is 14.9. The molecule has 0 radical (unpaired) electrons. The van der Waals surface area contributed by atoms with Crippen molar-refractivity contribution < 1.29 is 27.8 Å². The van der Waals surface area contributed by atoms with Crippen LogP contribution in [0.1, 0.15) is 27.6 Å². The van der Waals surface area contributed by atoms with Gasteiger partial charge in [0.05, 0.1) is 18.7 Å². The van der Waals surface area contributed by atoms with Gasteiger partial charge in [-0.25, -0.2) is 8.78 Å². The third-order valence-corrected chi connectivity index (χ3v) is 5.28. The minimum absolute atomic E-state index is 0.00422. The molecule has 0 spiro atoms. The Hall–Kier alpha value is -3.32. The van der Waals surface area contributed by atoms with E-state index in [1.54, 1.807) is 29.2 Å². The Kier molecular flexibility index (Phi) is 5.95. The highest BCUT2D eigenvalue weighted by molar-refractivity contribution is 6.07. The number of halogens is 2. The second kappa shape index (κ2) is 8.81. The summed E-state index contributed by atoms with van der Waals surface area (Å²) in [5.74, 6) is -1.31. The van der Waals surface area contributed by atoms with E-state index < -0.39 is 11.9 Å². The fourth-order valence-corrected chi connectivity index (χ4v) is 3.68. The first kappa shape index (κ1) is 20.9. The summed E-state index contributed by atoms with van der Waals surface area (Å²) in [4.78, 5) is 26.1. The quantitative estimate of drug-likeness (QED) is 0.574. The summed E-state index contributed by atoms with van der Waals surface area (Å²) >= 11 is 0. The molecule has 3 aromatic rings. The highest BCUT2D eigenvalue weighted by Gasteiger charge is 2.27. The molecule has 0 saturated carbocycles. The van der Waals surface area contributed by atoms with E-state index in [-0.39, 0.29) is 35.4 Å². The molecule has 4 rings (SSSR count). The van der Waals surface area contributed by atoms with Gasteiger partial charge in [0.1, 0.15) is 30.1 Å². The molecule has 1 aliphatic rings. The zero-order chi connectivity index (χ0) is 22.0. The fourth-order valence-electron chi connectivity index (χ4n) is 3.68. The molecular formula is C24H21F2NO4. The monoisotopic (exact) mass is 425 g/mol. The van der Waals surface area contributed by atoms with Crippen LogP contribution >= 0.6 is 0 Å². The van der Waals surface area contributed by atoms with Gasteiger partial charge in [-0.05, 0) is 36.6 Å². The zero-order valence-electron chi connectivity index (χ0n) is 16.9. The van der Waals surface area contributed by atoms with Crippen molar-refractivity contribution in [2.45, 2.75) is 13.0 Å². The van der Waals surface area contributed by atoms with E-state index in [0.717, 1.165) is 6.07 Å². The van der Waals surface area contributed by atoms with Crippen LogP contribution in [-0.4, -0.2) is 49.0 Å². The summed E-state index contributed by atoms with van der Waals surface area (Å²) in [7, 11) is 0. The molecule has 1 fully saturated rings. The molecule has 0 aliphatic carbocycles. The van der Waals surface area contributed by atoms with Gasteiger partial charge in [0.25, 0.3) is 5.91 Å². The number of nitrogens with zero attached hydrogens (tertiary/aromatic N) is 1. The van der Waals surface area contributed by atoms with E-state index in [2.05, 4.69) is 0 Å². The number of carbonyl (C=O) groups is 2. The van der Waals surface area contributed by atoms with Crippen LogP contribution in [0.2, 0.25) is 0 Å². The molecule has 1 saturated heterocycles. The molecular weight excluding hydrogens is 404 g/mol. The van der Waals surface area contributed by atoms with Crippen LogP contribution in [0.4, 0.5) is 8.78 Å². The van der Waals surface area contributed by atoms with Crippen molar-refractivity contribution in [1.82, 2.24) is 4.90 Å². The van der Waals surface area contributed by atoms with E-state index in [0.29, 0.717) is 36.0 Å². The number of morpholine rings is 1. The topological polar surface area (TPSA) is 55.8 Å².